The number of hydrogen-bond acceptors (Lipinski definition) is 5. The number of carbonyl (C=O) groups excluding carboxylic acids is 1. The molecule has 3 N–H and O–H groups in total. The summed E-state index contributed by atoms with van der Waals surface area (Å²) in [6.45, 7) is 3.91. The predicted octanol–water partition coefficient (Wildman–Crippen LogP) is 2.46. The van der Waals surface area contributed by atoms with E-state index in [1.807, 2.05) is 0 Å². The van der Waals surface area contributed by atoms with Gasteiger partial charge in [0.1, 0.15) is 11.7 Å². The van der Waals surface area contributed by atoms with Crippen molar-refractivity contribution in [3.8, 4) is 5.75 Å². The second-order valence-electron chi connectivity index (χ2n) is 7.28. The van der Waals surface area contributed by atoms with Crippen LogP contribution in [0.25, 0.3) is 0 Å². The first-order chi connectivity index (χ1) is 12.7. The number of carbonyl (C=O) groups is 3. The lowest BCUT2D eigenvalue weighted by atomic mass is 9.62. The van der Waals surface area contributed by atoms with E-state index in [1.165, 1.54) is 6.92 Å². The molecule has 0 bridgehead atoms. The van der Waals surface area contributed by atoms with Crippen LogP contribution in [0.3, 0.4) is 0 Å². The number of unbranched alkanes of at least 4 members (excludes halogenated alkanes) is 2. The summed E-state index contributed by atoms with van der Waals surface area (Å²) in [7, 11) is 0. The molecule has 27 heavy (non-hydrogen) atoms. The average molecular weight is 378 g/mol. The molecule has 7 heteroatoms. The van der Waals surface area contributed by atoms with Gasteiger partial charge in [-0.25, -0.2) is 0 Å². The highest BCUT2D eigenvalue weighted by molar-refractivity contribution is 6.02. The van der Waals surface area contributed by atoms with Crippen LogP contribution in [0.1, 0.15) is 51.0 Å². The van der Waals surface area contributed by atoms with Crippen LogP contribution in [-0.2, 0) is 14.4 Å². The second kappa shape index (κ2) is 8.52. The maximum Gasteiger partial charge on any atom is 0.314 e. The Labute approximate surface area is 158 Å². The third-order valence-corrected chi connectivity index (χ3v) is 5.08. The summed E-state index contributed by atoms with van der Waals surface area (Å²) >= 11 is 0. The van der Waals surface area contributed by atoms with Crippen molar-refractivity contribution in [3.63, 3.8) is 0 Å². The molecule has 0 saturated heterocycles. The molecule has 4 unspecified atom stereocenters. The molecule has 0 aromatic heterocycles. The summed E-state index contributed by atoms with van der Waals surface area (Å²) in [5.41, 5.74) is -1.45. The fourth-order valence-electron chi connectivity index (χ4n) is 3.78. The van der Waals surface area contributed by atoms with Gasteiger partial charge in [-0.1, -0.05) is 31.9 Å². The molecule has 1 aromatic rings. The molecular formula is C20H26O7. The molecule has 0 spiro atoms. The summed E-state index contributed by atoms with van der Waals surface area (Å²) < 4.78 is 5.61. The summed E-state index contributed by atoms with van der Waals surface area (Å²) in [5, 5.41) is 29.6. The van der Waals surface area contributed by atoms with Crippen molar-refractivity contribution in [3.05, 3.63) is 29.8 Å². The van der Waals surface area contributed by atoms with Crippen LogP contribution in [0.15, 0.2) is 24.3 Å². The third kappa shape index (κ3) is 4.66. The fraction of sp³-hybridized carbons (Fsp3) is 0.550. The van der Waals surface area contributed by atoms with Crippen molar-refractivity contribution in [1.82, 2.24) is 0 Å². The van der Waals surface area contributed by atoms with Gasteiger partial charge in [0.05, 0.1) is 18.1 Å². The van der Waals surface area contributed by atoms with Crippen LogP contribution in [0.5, 0.6) is 5.75 Å². The molecule has 1 fully saturated rings. The SMILES string of the molecule is CCCCCOc1ccc(C2C(C(=O)O)C(=O)CC(C)(O)C2C(=O)O)cc1. The van der Waals surface area contributed by atoms with Crippen molar-refractivity contribution in [1.29, 1.82) is 0 Å². The van der Waals surface area contributed by atoms with Crippen molar-refractivity contribution in [2.75, 3.05) is 6.61 Å². The Morgan fingerprint density at radius 1 is 1.15 bits per heavy atom. The number of carboxylic acid groups (broad SMARTS) is 2. The first-order valence-electron chi connectivity index (χ1n) is 9.12. The number of carboxylic acids is 2. The minimum Gasteiger partial charge on any atom is -0.494 e. The minimum absolute atomic E-state index is 0.379. The molecule has 0 aliphatic heterocycles. The van der Waals surface area contributed by atoms with Crippen LogP contribution in [0.4, 0.5) is 0 Å². The van der Waals surface area contributed by atoms with Gasteiger partial charge in [-0.2, -0.15) is 0 Å². The smallest absolute Gasteiger partial charge is 0.314 e. The van der Waals surface area contributed by atoms with E-state index >= 15 is 0 Å². The molecule has 0 heterocycles. The fourth-order valence-corrected chi connectivity index (χ4v) is 3.78. The third-order valence-electron chi connectivity index (χ3n) is 5.08. The van der Waals surface area contributed by atoms with E-state index in [0.29, 0.717) is 17.9 Å². The molecule has 4 atom stereocenters. The Morgan fingerprint density at radius 3 is 2.30 bits per heavy atom. The highest BCUT2D eigenvalue weighted by Gasteiger charge is 2.56. The number of ketones is 1. The molecule has 1 aliphatic carbocycles. The van der Waals surface area contributed by atoms with Gasteiger partial charge >= 0.3 is 11.9 Å². The lowest BCUT2D eigenvalue weighted by molar-refractivity contribution is -0.167. The Hall–Kier alpha value is -2.41. The number of benzene rings is 1. The van der Waals surface area contributed by atoms with E-state index in [2.05, 4.69) is 6.92 Å². The molecule has 1 aliphatic rings. The molecular weight excluding hydrogens is 352 g/mol. The van der Waals surface area contributed by atoms with Crippen molar-refractivity contribution >= 4 is 17.7 Å². The Morgan fingerprint density at radius 2 is 1.78 bits per heavy atom. The average Bonchev–Trinajstić information content (AvgIpc) is 2.57. The van der Waals surface area contributed by atoms with Gasteiger partial charge in [0, 0.05) is 12.3 Å². The van der Waals surface area contributed by atoms with Crippen molar-refractivity contribution < 1.29 is 34.4 Å². The zero-order chi connectivity index (χ0) is 20.2. The van der Waals surface area contributed by atoms with Crippen LogP contribution in [0, 0.1) is 11.8 Å². The van der Waals surface area contributed by atoms with E-state index in [1.54, 1.807) is 24.3 Å². The first kappa shape index (κ1) is 20.9. The lowest BCUT2D eigenvalue weighted by Gasteiger charge is -2.42. The molecule has 7 nitrogen and oxygen atoms in total. The van der Waals surface area contributed by atoms with Gasteiger partial charge in [-0.05, 0) is 31.0 Å². The van der Waals surface area contributed by atoms with E-state index in [4.69, 9.17) is 4.74 Å². The number of aliphatic hydroxyl groups is 1. The number of rotatable bonds is 8. The molecule has 148 valence electrons. The summed E-state index contributed by atoms with van der Waals surface area (Å²) in [6.07, 6.45) is 2.54. The quantitative estimate of drug-likeness (QED) is 0.469. The monoisotopic (exact) mass is 378 g/mol. The van der Waals surface area contributed by atoms with E-state index in [9.17, 15) is 29.7 Å². The zero-order valence-corrected chi connectivity index (χ0v) is 15.6. The van der Waals surface area contributed by atoms with Gasteiger partial charge in [-0.15, -0.1) is 0 Å². The highest BCUT2D eigenvalue weighted by Crippen LogP contribution is 2.46. The van der Waals surface area contributed by atoms with Crippen LogP contribution in [0.2, 0.25) is 0 Å². The van der Waals surface area contributed by atoms with Gasteiger partial charge in [-0.3, -0.25) is 14.4 Å². The normalized spacial score (nSPS) is 28.0. The van der Waals surface area contributed by atoms with Crippen LogP contribution < -0.4 is 4.74 Å². The lowest BCUT2D eigenvalue weighted by Crippen LogP contribution is -2.54. The predicted molar refractivity (Wildman–Crippen MR) is 96.7 cm³/mol. The molecule has 1 aromatic carbocycles. The minimum atomic E-state index is -1.82. The Bertz CT molecular complexity index is 693. The largest absolute Gasteiger partial charge is 0.494 e. The van der Waals surface area contributed by atoms with Gasteiger partial charge < -0.3 is 20.1 Å². The zero-order valence-electron chi connectivity index (χ0n) is 15.6. The maximum atomic E-state index is 12.3. The van der Waals surface area contributed by atoms with E-state index < -0.39 is 47.5 Å². The summed E-state index contributed by atoms with van der Waals surface area (Å²) in [6, 6.07) is 6.40. The molecule has 2 rings (SSSR count). The summed E-state index contributed by atoms with van der Waals surface area (Å²) in [5.74, 6) is -6.88. The molecule has 1 saturated carbocycles. The van der Waals surface area contributed by atoms with Gasteiger partial charge in [0.15, 0.2) is 5.78 Å². The van der Waals surface area contributed by atoms with Crippen molar-refractivity contribution in [2.45, 2.75) is 51.0 Å². The Balaban J connectivity index is 2.33. The van der Waals surface area contributed by atoms with Crippen LogP contribution in [-0.4, -0.2) is 45.2 Å². The Kier molecular flexibility index (Phi) is 6.59. The van der Waals surface area contributed by atoms with E-state index in [-0.39, 0.29) is 0 Å². The van der Waals surface area contributed by atoms with E-state index in [0.717, 1.165) is 19.3 Å². The highest BCUT2D eigenvalue weighted by atomic mass is 16.5. The maximum absolute atomic E-state index is 12.3. The number of aliphatic carboxylic acids is 2. The van der Waals surface area contributed by atoms with Crippen molar-refractivity contribution in [2.24, 2.45) is 11.8 Å². The molecule has 0 radical (unpaired) electrons. The van der Waals surface area contributed by atoms with Gasteiger partial charge in [0.25, 0.3) is 0 Å². The second-order valence-corrected chi connectivity index (χ2v) is 7.28. The van der Waals surface area contributed by atoms with Gasteiger partial charge in [0.2, 0.25) is 0 Å². The van der Waals surface area contributed by atoms with Crippen LogP contribution >= 0.6 is 0 Å². The number of hydrogen-bond donors (Lipinski definition) is 3. The molecule has 0 amide bonds. The topological polar surface area (TPSA) is 121 Å². The first-order valence-corrected chi connectivity index (χ1v) is 9.12. The summed E-state index contributed by atoms with van der Waals surface area (Å²) in [4.78, 5) is 35.8. The number of Topliss-reactive ketones (excluding diaryl/α,β-unsaturated/α-hetero) is 1. The number of ether oxygens (including phenoxy) is 1. The standard InChI is InChI=1S/C20H26O7/c1-3-4-5-10-27-13-8-6-12(7-9-13)15-16(18(22)23)14(21)11-20(2,26)17(15)19(24)25/h6-9,15-17,26H,3-5,10-11H2,1-2H3,(H,22,23)(H,24,25).